The lowest BCUT2D eigenvalue weighted by Gasteiger charge is -1.79. The van der Waals surface area contributed by atoms with Crippen LogP contribution in [0.5, 0.6) is 0 Å². The maximum Gasteiger partial charge on any atom is 0.206 e. The van der Waals surface area contributed by atoms with Crippen molar-refractivity contribution in [2.45, 2.75) is 0 Å². The van der Waals surface area contributed by atoms with Crippen LogP contribution < -0.4 is 5.43 Å². The maximum absolute atomic E-state index is 11.2. The number of hydrogen-bond acceptors (Lipinski definition) is 1. The molecule has 1 aromatic carbocycles. The summed E-state index contributed by atoms with van der Waals surface area (Å²) in [6, 6.07) is 5.22. The molecule has 0 radical (unpaired) electrons. The Hall–Kier alpha value is 0.330. The Morgan fingerprint density at radius 1 is 1.00 bits per heavy atom. The van der Waals surface area contributed by atoms with E-state index in [1.165, 1.54) is 0 Å². The first-order chi connectivity index (χ1) is 5.11. The molecule has 0 aliphatic heterocycles. The van der Waals surface area contributed by atoms with Gasteiger partial charge in [0.25, 0.3) is 0 Å². The van der Waals surface area contributed by atoms with Gasteiger partial charge in [0, 0.05) is 4.47 Å². The zero-order valence-corrected chi connectivity index (χ0v) is 10.0. The molecule has 0 aliphatic carbocycles. The molecule has 0 atom stereocenters. The zero-order chi connectivity index (χ0) is 8.43. The summed E-state index contributed by atoms with van der Waals surface area (Å²) in [6.45, 7) is 0. The van der Waals surface area contributed by atoms with E-state index in [0.717, 1.165) is 4.47 Å². The van der Waals surface area contributed by atoms with Crippen LogP contribution in [-0.4, -0.2) is 0 Å². The monoisotopic (exact) mass is 340 g/mol. The predicted octanol–water partition coefficient (Wildman–Crippen LogP) is 3.33. The van der Waals surface area contributed by atoms with Crippen molar-refractivity contribution in [3.63, 3.8) is 0 Å². The van der Waals surface area contributed by atoms with Gasteiger partial charge in [-0.3, -0.25) is 4.79 Å². The Balaban J connectivity index is 3.57. The second kappa shape index (κ2) is 3.83. The van der Waals surface area contributed by atoms with Crippen molar-refractivity contribution < 1.29 is 0 Å². The van der Waals surface area contributed by atoms with Crippen LogP contribution in [0, 0.1) is 0 Å². The van der Waals surface area contributed by atoms with Crippen molar-refractivity contribution in [3.8, 4) is 0 Å². The standard InChI is InChI=1S/C7H3Br3O/c8-4-1-2-5(9)7(11)6(10)3-4/h1-3H. The Morgan fingerprint density at radius 3 is 2.27 bits per heavy atom. The van der Waals surface area contributed by atoms with Gasteiger partial charge in [-0.15, -0.1) is 0 Å². The van der Waals surface area contributed by atoms with Crippen LogP contribution in [0.2, 0.25) is 0 Å². The first kappa shape index (κ1) is 9.42. The molecule has 0 aliphatic rings. The quantitative estimate of drug-likeness (QED) is 0.707. The molecular weight excluding hydrogens is 340 g/mol. The van der Waals surface area contributed by atoms with E-state index in [4.69, 9.17) is 0 Å². The predicted molar refractivity (Wildman–Crippen MR) is 55.8 cm³/mol. The van der Waals surface area contributed by atoms with Crippen LogP contribution in [-0.2, 0) is 0 Å². The highest BCUT2D eigenvalue weighted by Gasteiger charge is 1.97. The van der Waals surface area contributed by atoms with E-state index < -0.39 is 0 Å². The lowest BCUT2D eigenvalue weighted by atomic mass is 10.5. The van der Waals surface area contributed by atoms with Crippen LogP contribution in [0.15, 0.2) is 36.4 Å². The Morgan fingerprint density at radius 2 is 1.64 bits per heavy atom. The molecule has 0 aromatic heterocycles. The van der Waals surface area contributed by atoms with E-state index in [2.05, 4.69) is 47.8 Å². The summed E-state index contributed by atoms with van der Waals surface area (Å²) in [5, 5.41) is 0. The third kappa shape index (κ3) is 2.39. The van der Waals surface area contributed by atoms with Gasteiger partial charge in [0.1, 0.15) is 0 Å². The van der Waals surface area contributed by atoms with Gasteiger partial charge in [-0.2, -0.15) is 0 Å². The summed E-state index contributed by atoms with van der Waals surface area (Å²) in [5.41, 5.74) is -0.0456. The normalized spacial score (nSPS) is 9.73. The molecule has 0 N–H and O–H groups in total. The van der Waals surface area contributed by atoms with Crippen molar-refractivity contribution in [3.05, 3.63) is 41.8 Å². The fourth-order valence-corrected chi connectivity index (χ4v) is 2.32. The van der Waals surface area contributed by atoms with Gasteiger partial charge in [0.05, 0.1) is 8.95 Å². The Bertz CT molecular complexity index is 335. The van der Waals surface area contributed by atoms with Gasteiger partial charge in [-0.1, -0.05) is 15.9 Å². The van der Waals surface area contributed by atoms with Crippen molar-refractivity contribution >= 4 is 47.8 Å². The highest BCUT2D eigenvalue weighted by Crippen LogP contribution is 2.15. The minimum absolute atomic E-state index is 0.0456. The number of rotatable bonds is 0. The first-order valence-electron chi connectivity index (χ1n) is 2.76. The fraction of sp³-hybridized carbons (Fsp3) is 0. The lowest BCUT2D eigenvalue weighted by molar-refractivity contribution is 1.55. The molecule has 11 heavy (non-hydrogen) atoms. The van der Waals surface area contributed by atoms with E-state index in [1.807, 2.05) is 0 Å². The molecular formula is C7H3Br3O. The summed E-state index contributed by atoms with van der Waals surface area (Å²) in [7, 11) is 0. The van der Waals surface area contributed by atoms with Gasteiger partial charge in [0.15, 0.2) is 0 Å². The summed E-state index contributed by atoms with van der Waals surface area (Å²) in [4.78, 5) is 11.2. The van der Waals surface area contributed by atoms with Gasteiger partial charge in [0.2, 0.25) is 5.43 Å². The highest BCUT2D eigenvalue weighted by molar-refractivity contribution is 9.11. The van der Waals surface area contributed by atoms with Crippen molar-refractivity contribution in [2.24, 2.45) is 0 Å². The zero-order valence-electron chi connectivity index (χ0n) is 5.27. The van der Waals surface area contributed by atoms with Gasteiger partial charge >= 0.3 is 0 Å². The first-order valence-corrected chi connectivity index (χ1v) is 5.14. The molecule has 1 nitrogen and oxygen atoms in total. The molecule has 0 saturated carbocycles. The lowest BCUT2D eigenvalue weighted by Crippen LogP contribution is -1.97. The Kier molecular flexibility index (Phi) is 3.28. The number of halogens is 3. The maximum atomic E-state index is 11.2. The van der Waals surface area contributed by atoms with E-state index in [9.17, 15) is 4.79 Å². The second-order valence-corrected chi connectivity index (χ2v) is 4.51. The SMILES string of the molecule is O=c1c(Br)ccc(Br)cc1Br. The molecule has 4 heteroatoms. The van der Waals surface area contributed by atoms with Gasteiger partial charge in [-0.25, -0.2) is 0 Å². The molecule has 0 spiro atoms. The molecule has 1 rings (SSSR count). The van der Waals surface area contributed by atoms with Gasteiger partial charge in [-0.05, 0) is 50.1 Å². The largest absolute Gasteiger partial charge is 0.287 e. The second-order valence-electron chi connectivity index (χ2n) is 1.89. The average Bonchev–Trinajstić information content (AvgIpc) is 2.05. The molecule has 1 aromatic rings. The van der Waals surface area contributed by atoms with Crippen molar-refractivity contribution in [2.75, 3.05) is 0 Å². The topological polar surface area (TPSA) is 17.1 Å². The summed E-state index contributed by atoms with van der Waals surface area (Å²) >= 11 is 9.57. The van der Waals surface area contributed by atoms with Crippen LogP contribution >= 0.6 is 47.8 Å². The van der Waals surface area contributed by atoms with E-state index in [1.54, 1.807) is 18.2 Å². The summed E-state index contributed by atoms with van der Waals surface area (Å²) in [6.07, 6.45) is 0. The van der Waals surface area contributed by atoms with Crippen LogP contribution in [0.3, 0.4) is 0 Å². The van der Waals surface area contributed by atoms with Crippen molar-refractivity contribution in [1.29, 1.82) is 0 Å². The highest BCUT2D eigenvalue weighted by atomic mass is 79.9. The number of hydrogen-bond donors (Lipinski definition) is 0. The van der Waals surface area contributed by atoms with E-state index in [-0.39, 0.29) is 5.43 Å². The molecule has 0 heterocycles. The molecule has 0 fully saturated rings. The Labute approximate surface area is 89.2 Å². The van der Waals surface area contributed by atoms with E-state index >= 15 is 0 Å². The molecule has 0 saturated heterocycles. The van der Waals surface area contributed by atoms with Crippen LogP contribution in [0.1, 0.15) is 0 Å². The molecule has 0 bridgehead atoms. The summed E-state index contributed by atoms with van der Waals surface area (Å²) < 4.78 is 1.96. The molecule has 58 valence electrons. The summed E-state index contributed by atoms with van der Waals surface area (Å²) in [5.74, 6) is 0. The average molecular weight is 343 g/mol. The smallest absolute Gasteiger partial charge is 0.206 e. The third-order valence-electron chi connectivity index (χ3n) is 1.09. The van der Waals surface area contributed by atoms with Crippen molar-refractivity contribution in [1.82, 2.24) is 0 Å². The van der Waals surface area contributed by atoms with E-state index in [0.29, 0.717) is 8.95 Å². The minimum atomic E-state index is -0.0456. The third-order valence-corrected chi connectivity index (χ3v) is 2.79. The molecule has 0 amide bonds. The minimum Gasteiger partial charge on any atom is -0.287 e. The molecule has 0 unspecified atom stereocenters. The van der Waals surface area contributed by atoms with Crippen LogP contribution in [0.25, 0.3) is 0 Å². The van der Waals surface area contributed by atoms with Crippen LogP contribution in [0.4, 0.5) is 0 Å². The fourth-order valence-electron chi connectivity index (χ4n) is 0.577. The van der Waals surface area contributed by atoms with Gasteiger partial charge < -0.3 is 0 Å².